The summed E-state index contributed by atoms with van der Waals surface area (Å²) >= 11 is 5.90. The zero-order valence-corrected chi connectivity index (χ0v) is 17.0. The van der Waals surface area contributed by atoms with Crippen LogP contribution in [0.5, 0.6) is 5.75 Å². The van der Waals surface area contributed by atoms with Crippen molar-refractivity contribution in [2.45, 2.75) is 19.5 Å². The van der Waals surface area contributed by atoms with Crippen LogP contribution in [-0.4, -0.2) is 44.1 Å². The Morgan fingerprint density at radius 3 is 2.25 bits per heavy atom. The molecule has 1 N–H and O–H groups in total. The van der Waals surface area contributed by atoms with Gasteiger partial charge in [0.05, 0.1) is 13.7 Å². The van der Waals surface area contributed by atoms with E-state index in [9.17, 15) is 9.59 Å². The minimum atomic E-state index is -0.772. The van der Waals surface area contributed by atoms with E-state index in [4.69, 9.17) is 21.1 Å². The number of carbonyl (C=O) groups excluding carboxylic acids is 2. The lowest BCUT2D eigenvalue weighted by Crippen LogP contribution is -2.44. The Kier molecular flexibility index (Phi) is 8.29. The standard InChI is InChI=1S/C21H25ClN2O4/c1-15(25)24(12-13-27-2)20(17-6-10-19(28-3)11-7-17)21(26)23-14-16-4-8-18(22)9-5-16/h4-11,20H,12-14H2,1-3H3,(H,23,26). The van der Waals surface area contributed by atoms with E-state index < -0.39 is 6.04 Å². The van der Waals surface area contributed by atoms with Gasteiger partial charge in [-0.2, -0.15) is 0 Å². The first kappa shape index (κ1) is 21.7. The Morgan fingerprint density at radius 2 is 1.71 bits per heavy atom. The summed E-state index contributed by atoms with van der Waals surface area (Å²) in [6, 6.07) is 13.6. The van der Waals surface area contributed by atoms with Crippen molar-refractivity contribution in [3.05, 3.63) is 64.7 Å². The second-order valence-corrected chi connectivity index (χ2v) is 6.66. The van der Waals surface area contributed by atoms with Gasteiger partial charge in [-0.3, -0.25) is 9.59 Å². The second kappa shape index (κ2) is 10.7. The Morgan fingerprint density at radius 1 is 1.07 bits per heavy atom. The first-order valence-corrected chi connectivity index (χ1v) is 9.26. The fraction of sp³-hybridized carbons (Fsp3) is 0.333. The lowest BCUT2D eigenvalue weighted by molar-refractivity contribution is -0.140. The van der Waals surface area contributed by atoms with Crippen molar-refractivity contribution in [3.63, 3.8) is 0 Å². The molecule has 2 rings (SSSR count). The molecule has 0 aliphatic rings. The van der Waals surface area contributed by atoms with E-state index in [2.05, 4.69) is 5.32 Å². The van der Waals surface area contributed by atoms with Crippen LogP contribution in [0.1, 0.15) is 24.1 Å². The van der Waals surface area contributed by atoms with Gasteiger partial charge in [-0.15, -0.1) is 0 Å². The van der Waals surface area contributed by atoms with Gasteiger partial charge in [-0.05, 0) is 35.4 Å². The maximum atomic E-state index is 13.0. The number of carbonyl (C=O) groups is 2. The van der Waals surface area contributed by atoms with Crippen molar-refractivity contribution < 1.29 is 19.1 Å². The van der Waals surface area contributed by atoms with Crippen LogP contribution < -0.4 is 10.1 Å². The second-order valence-electron chi connectivity index (χ2n) is 6.23. The van der Waals surface area contributed by atoms with Crippen LogP contribution in [0.4, 0.5) is 0 Å². The average molecular weight is 405 g/mol. The molecule has 2 amide bonds. The molecule has 0 radical (unpaired) electrons. The van der Waals surface area contributed by atoms with Gasteiger partial charge in [-0.25, -0.2) is 0 Å². The number of halogens is 1. The number of hydrogen-bond donors (Lipinski definition) is 1. The molecule has 0 saturated carbocycles. The highest BCUT2D eigenvalue weighted by Crippen LogP contribution is 2.24. The highest BCUT2D eigenvalue weighted by atomic mass is 35.5. The van der Waals surface area contributed by atoms with Crippen LogP contribution in [0.2, 0.25) is 5.02 Å². The highest BCUT2D eigenvalue weighted by molar-refractivity contribution is 6.30. The number of nitrogens with zero attached hydrogens (tertiary/aromatic N) is 1. The molecule has 0 bridgehead atoms. The smallest absolute Gasteiger partial charge is 0.247 e. The fourth-order valence-electron chi connectivity index (χ4n) is 2.81. The van der Waals surface area contributed by atoms with E-state index in [1.54, 1.807) is 50.6 Å². The van der Waals surface area contributed by atoms with Crippen molar-refractivity contribution in [2.75, 3.05) is 27.4 Å². The molecule has 1 atom stereocenters. The van der Waals surface area contributed by atoms with Crippen molar-refractivity contribution >= 4 is 23.4 Å². The first-order chi connectivity index (χ1) is 13.5. The van der Waals surface area contributed by atoms with Gasteiger partial charge in [0.1, 0.15) is 11.8 Å². The summed E-state index contributed by atoms with van der Waals surface area (Å²) in [4.78, 5) is 26.8. The summed E-state index contributed by atoms with van der Waals surface area (Å²) in [5, 5.41) is 3.54. The zero-order valence-electron chi connectivity index (χ0n) is 16.3. The van der Waals surface area contributed by atoms with Gasteiger partial charge in [0, 0.05) is 32.1 Å². The molecule has 0 aliphatic carbocycles. The van der Waals surface area contributed by atoms with Crippen LogP contribution in [0.25, 0.3) is 0 Å². The molecule has 0 spiro atoms. The van der Waals surface area contributed by atoms with Gasteiger partial charge in [0.15, 0.2) is 0 Å². The summed E-state index contributed by atoms with van der Waals surface area (Å²) in [5.74, 6) is 0.196. The predicted octanol–water partition coefficient (Wildman–Crippen LogP) is 3.20. The quantitative estimate of drug-likeness (QED) is 0.696. The van der Waals surface area contributed by atoms with Crippen molar-refractivity contribution in [1.29, 1.82) is 0 Å². The summed E-state index contributed by atoms with van der Waals surface area (Å²) in [6.07, 6.45) is 0. The summed E-state index contributed by atoms with van der Waals surface area (Å²) < 4.78 is 10.3. The van der Waals surface area contributed by atoms with E-state index in [1.807, 2.05) is 12.1 Å². The fourth-order valence-corrected chi connectivity index (χ4v) is 2.93. The maximum absolute atomic E-state index is 13.0. The number of hydrogen-bond acceptors (Lipinski definition) is 4. The molecule has 0 aromatic heterocycles. The lowest BCUT2D eigenvalue weighted by Gasteiger charge is -2.30. The van der Waals surface area contributed by atoms with Gasteiger partial charge in [-0.1, -0.05) is 35.9 Å². The van der Waals surface area contributed by atoms with E-state index in [0.717, 1.165) is 5.56 Å². The molecule has 150 valence electrons. The van der Waals surface area contributed by atoms with Crippen LogP contribution in [0.3, 0.4) is 0 Å². The molecule has 1 unspecified atom stereocenters. The molecule has 0 aliphatic heterocycles. The number of ether oxygens (including phenoxy) is 2. The van der Waals surface area contributed by atoms with Gasteiger partial charge in [0.2, 0.25) is 11.8 Å². The number of rotatable bonds is 9. The van der Waals surface area contributed by atoms with Crippen molar-refractivity contribution in [1.82, 2.24) is 10.2 Å². The minimum absolute atomic E-state index is 0.209. The number of benzene rings is 2. The summed E-state index contributed by atoms with van der Waals surface area (Å²) in [5.41, 5.74) is 1.61. The minimum Gasteiger partial charge on any atom is -0.497 e. The van der Waals surface area contributed by atoms with Crippen LogP contribution >= 0.6 is 11.6 Å². The maximum Gasteiger partial charge on any atom is 0.247 e. The van der Waals surface area contributed by atoms with Gasteiger partial charge < -0.3 is 19.7 Å². The number of amides is 2. The van der Waals surface area contributed by atoms with Crippen LogP contribution in [0, 0.1) is 0 Å². The Bertz CT molecular complexity index is 778. The third-order valence-electron chi connectivity index (χ3n) is 4.31. The van der Waals surface area contributed by atoms with E-state index in [-0.39, 0.29) is 11.8 Å². The Balaban J connectivity index is 2.25. The molecular formula is C21H25ClN2O4. The monoisotopic (exact) mass is 404 g/mol. The molecule has 7 heteroatoms. The Labute approximate surface area is 170 Å². The van der Waals surface area contributed by atoms with Crippen LogP contribution in [-0.2, 0) is 20.9 Å². The zero-order chi connectivity index (χ0) is 20.5. The lowest BCUT2D eigenvalue weighted by atomic mass is 10.0. The summed E-state index contributed by atoms with van der Waals surface area (Å²) in [6.45, 7) is 2.41. The largest absolute Gasteiger partial charge is 0.497 e. The van der Waals surface area contributed by atoms with E-state index in [1.165, 1.54) is 11.8 Å². The third kappa shape index (κ3) is 5.97. The third-order valence-corrected chi connectivity index (χ3v) is 4.56. The summed E-state index contributed by atoms with van der Waals surface area (Å²) in [7, 11) is 3.13. The molecular weight excluding hydrogens is 380 g/mol. The van der Waals surface area contributed by atoms with Crippen molar-refractivity contribution in [2.24, 2.45) is 0 Å². The number of nitrogens with one attached hydrogen (secondary N) is 1. The Hall–Kier alpha value is -2.57. The topological polar surface area (TPSA) is 67.9 Å². The first-order valence-electron chi connectivity index (χ1n) is 8.88. The molecule has 2 aromatic carbocycles. The van der Waals surface area contributed by atoms with E-state index >= 15 is 0 Å². The molecule has 6 nitrogen and oxygen atoms in total. The molecule has 0 fully saturated rings. The molecule has 28 heavy (non-hydrogen) atoms. The SMILES string of the molecule is COCCN(C(C)=O)C(C(=O)NCc1ccc(Cl)cc1)c1ccc(OC)cc1. The predicted molar refractivity (Wildman–Crippen MR) is 108 cm³/mol. The molecule has 0 heterocycles. The van der Waals surface area contributed by atoms with Crippen molar-refractivity contribution in [3.8, 4) is 5.75 Å². The van der Waals surface area contributed by atoms with E-state index in [0.29, 0.717) is 36.0 Å². The van der Waals surface area contributed by atoms with Gasteiger partial charge in [0.25, 0.3) is 0 Å². The number of methoxy groups -OCH3 is 2. The molecule has 0 saturated heterocycles. The van der Waals surface area contributed by atoms with Crippen LogP contribution in [0.15, 0.2) is 48.5 Å². The highest BCUT2D eigenvalue weighted by Gasteiger charge is 2.29. The molecule has 2 aromatic rings. The normalized spacial score (nSPS) is 11.6. The average Bonchev–Trinajstić information content (AvgIpc) is 2.70. The van der Waals surface area contributed by atoms with Gasteiger partial charge >= 0.3 is 0 Å².